The standard InChI is InChI=1S/C22H29N3O2/c1-27-16-11-22(26)23-21-9-7-20(8-10-21)18-25-14-12-24(13-15-25)17-19-5-3-2-4-6-19/h2-10H,11-18H2,1H3,(H,23,26). The Morgan fingerprint density at radius 3 is 2.00 bits per heavy atom. The molecule has 1 heterocycles. The molecule has 5 nitrogen and oxygen atoms in total. The molecule has 0 unspecified atom stereocenters. The van der Waals surface area contributed by atoms with Crippen LogP contribution in [0.4, 0.5) is 5.69 Å². The van der Waals surface area contributed by atoms with Crippen molar-refractivity contribution in [3.05, 3.63) is 65.7 Å². The summed E-state index contributed by atoms with van der Waals surface area (Å²) in [7, 11) is 1.60. The number of methoxy groups -OCH3 is 1. The molecule has 5 heteroatoms. The van der Waals surface area contributed by atoms with Crippen LogP contribution >= 0.6 is 0 Å². The van der Waals surface area contributed by atoms with Crippen LogP contribution in [0.1, 0.15) is 17.5 Å². The monoisotopic (exact) mass is 367 g/mol. The molecule has 0 aliphatic carbocycles. The minimum absolute atomic E-state index is 0.0147. The molecule has 1 saturated heterocycles. The van der Waals surface area contributed by atoms with E-state index in [1.54, 1.807) is 7.11 Å². The Bertz CT molecular complexity index is 695. The molecule has 2 aromatic carbocycles. The van der Waals surface area contributed by atoms with E-state index in [2.05, 4.69) is 57.6 Å². The van der Waals surface area contributed by atoms with Crippen molar-refractivity contribution in [2.45, 2.75) is 19.5 Å². The van der Waals surface area contributed by atoms with Gasteiger partial charge in [-0.3, -0.25) is 14.6 Å². The number of piperazine rings is 1. The Hall–Kier alpha value is -2.21. The number of hydrogen-bond donors (Lipinski definition) is 1. The van der Waals surface area contributed by atoms with E-state index >= 15 is 0 Å². The molecule has 1 fully saturated rings. The van der Waals surface area contributed by atoms with Crippen molar-refractivity contribution in [3.63, 3.8) is 0 Å². The molecule has 0 radical (unpaired) electrons. The fraction of sp³-hybridized carbons (Fsp3) is 0.409. The maximum atomic E-state index is 11.7. The number of amides is 1. The summed E-state index contributed by atoms with van der Waals surface area (Å²) in [5, 5.41) is 2.90. The van der Waals surface area contributed by atoms with Crippen LogP contribution in [0.2, 0.25) is 0 Å². The van der Waals surface area contributed by atoms with Gasteiger partial charge in [0.1, 0.15) is 0 Å². The molecule has 144 valence electrons. The summed E-state index contributed by atoms with van der Waals surface area (Å²) < 4.78 is 4.92. The Balaban J connectivity index is 1.41. The van der Waals surface area contributed by atoms with Gasteiger partial charge in [-0.2, -0.15) is 0 Å². The lowest BCUT2D eigenvalue weighted by Crippen LogP contribution is -2.45. The maximum Gasteiger partial charge on any atom is 0.226 e. The van der Waals surface area contributed by atoms with Crippen molar-refractivity contribution in [1.82, 2.24) is 9.80 Å². The molecule has 1 N–H and O–H groups in total. The zero-order valence-electron chi connectivity index (χ0n) is 16.1. The molecule has 1 aliphatic heterocycles. The van der Waals surface area contributed by atoms with E-state index in [9.17, 15) is 4.79 Å². The van der Waals surface area contributed by atoms with Crippen molar-refractivity contribution in [3.8, 4) is 0 Å². The van der Waals surface area contributed by atoms with Gasteiger partial charge in [0.15, 0.2) is 0 Å². The van der Waals surface area contributed by atoms with Gasteiger partial charge in [0, 0.05) is 52.1 Å². The normalized spacial score (nSPS) is 15.6. The number of nitrogens with zero attached hydrogens (tertiary/aromatic N) is 2. The van der Waals surface area contributed by atoms with Crippen LogP contribution in [0.25, 0.3) is 0 Å². The first-order valence-electron chi connectivity index (χ1n) is 9.59. The first kappa shape index (κ1) is 19.5. The third kappa shape index (κ3) is 6.47. The molecule has 0 spiro atoms. The van der Waals surface area contributed by atoms with Crippen molar-refractivity contribution in [1.29, 1.82) is 0 Å². The van der Waals surface area contributed by atoms with Crippen LogP contribution < -0.4 is 5.32 Å². The summed E-state index contributed by atoms with van der Waals surface area (Å²) in [4.78, 5) is 16.7. The Labute approximate surface area is 161 Å². The average molecular weight is 367 g/mol. The number of ether oxygens (including phenoxy) is 1. The second kappa shape index (κ2) is 10.2. The summed E-state index contributed by atoms with van der Waals surface area (Å²) >= 11 is 0. The summed E-state index contributed by atoms with van der Waals surface area (Å²) in [5.74, 6) is -0.0147. The topological polar surface area (TPSA) is 44.8 Å². The highest BCUT2D eigenvalue weighted by Gasteiger charge is 2.17. The lowest BCUT2D eigenvalue weighted by atomic mass is 10.1. The maximum absolute atomic E-state index is 11.7. The van der Waals surface area contributed by atoms with E-state index in [1.807, 2.05) is 12.1 Å². The van der Waals surface area contributed by atoms with Gasteiger partial charge < -0.3 is 10.1 Å². The van der Waals surface area contributed by atoms with Crippen LogP contribution in [0.15, 0.2) is 54.6 Å². The second-order valence-electron chi connectivity index (χ2n) is 7.03. The number of hydrogen-bond acceptors (Lipinski definition) is 4. The first-order valence-corrected chi connectivity index (χ1v) is 9.59. The van der Waals surface area contributed by atoms with Crippen molar-refractivity contribution in [2.75, 3.05) is 45.2 Å². The molecule has 1 amide bonds. The predicted octanol–water partition coefficient (Wildman–Crippen LogP) is 2.98. The second-order valence-corrected chi connectivity index (χ2v) is 7.03. The number of benzene rings is 2. The Kier molecular flexibility index (Phi) is 7.39. The SMILES string of the molecule is COCCC(=O)Nc1ccc(CN2CCN(Cc3ccccc3)CC2)cc1. The lowest BCUT2D eigenvalue weighted by Gasteiger charge is -2.34. The van der Waals surface area contributed by atoms with Crippen LogP contribution in [-0.2, 0) is 22.6 Å². The highest BCUT2D eigenvalue weighted by molar-refractivity contribution is 5.90. The van der Waals surface area contributed by atoms with E-state index in [1.165, 1.54) is 11.1 Å². The van der Waals surface area contributed by atoms with E-state index in [4.69, 9.17) is 4.74 Å². The minimum Gasteiger partial charge on any atom is -0.384 e. The predicted molar refractivity (Wildman–Crippen MR) is 109 cm³/mol. The van der Waals surface area contributed by atoms with Gasteiger partial charge >= 0.3 is 0 Å². The van der Waals surface area contributed by atoms with Crippen LogP contribution in [-0.4, -0.2) is 55.6 Å². The largest absolute Gasteiger partial charge is 0.384 e. The highest BCUT2D eigenvalue weighted by atomic mass is 16.5. The van der Waals surface area contributed by atoms with Gasteiger partial charge in [-0.25, -0.2) is 0 Å². The van der Waals surface area contributed by atoms with Gasteiger partial charge in [-0.15, -0.1) is 0 Å². The van der Waals surface area contributed by atoms with Crippen molar-refractivity contribution < 1.29 is 9.53 Å². The van der Waals surface area contributed by atoms with E-state index < -0.39 is 0 Å². The molecule has 3 rings (SSSR count). The van der Waals surface area contributed by atoms with E-state index in [-0.39, 0.29) is 5.91 Å². The Morgan fingerprint density at radius 2 is 1.44 bits per heavy atom. The highest BCUT2D eigenvalue weighted by Crippen LogP contribution is 2.14. The molecule has 0 aromatic heterocycles. The van der Waals surface area contributed by atoms with Gasteiger partial charge in [-0.1, -0.05) is 42.5 Å². The first-order chi connectivity index (χ1) is 13.2. The van der Waals surface area contributed by atoms with Gasteiger partial charge in [0.25, 0.3) is 0 Å². The molecular formula is C22H29N3O2. The molecule has 27 heavy (non-hydrogen) atoms. The lowest BCUT2D eigenvalue weighted by molar-refractivity contribution is -0.117. The van der Waals surface area contributed by atoms with Gasteiger partial charge in [0.05, 0.1) is 13.0 Å². The van der Waals surface area contributed by atoms with E-state index in [0.717, 1.165) is 45.0 Å². The molecule has 0 bridgehead atoms. The fourth-order valence-electron chi connectivity index (χ4n) is 3.32. The number of carbonyl (C=O) groups excluding carboxylic acids is 1. The smallest absolute Gasteiger partial charge is 0.226 e. The summed E-state index contributed by atoms with van der Waals surface area (Å²) in [6.45, 7) is 6.80. The van der Waals surface area contributed by atoms with Crippen molar-refractivity contribution in [2.24, 2.45) is 0 Å². The number of nitrogens with one attached hydrogen (secondary N) is 1. The third-order valence-corrected chi connectivity index (χ3v) is 4.89. The quantitative estimate of drug-likeness (QED) is 0.779. The van der Waals surface area contributed by atoms with Crippen LogP contribution in [0.5, 0.6) is 0 Å². The summed E-state index contributed by atoms with van der Waals surface area (Å²) in [6.07, 6.45) is 0.380. The third-order valence-electron chi connectivity index (χ3n) is 4.89. The van der Waals surface area contributed by atoms with Crippen LogP contribution in [0, 0.1) is 0 Å². The minimum atomic E-state index is -0.0147. The number of carbonyl (C=O) groups is 1. The Morgan fingerprint density at radius 1 is 0.889 bits per heavy atom. The summed E-state index contributed by atoms with van der Waals surface area (Å²) in [5.41, 5.74) is 3.50. The molecule has 2 aromatic rings. The van der Waals surface area contributed by atoms with Crippen LogP contribution in [0.3, 0.4) is 0 Å². The van der Waals surface area contributed by atoms with Gasteiger partial charge in [0.2, 0.25) is 5.91 Å². The zero-order valence-corrected chi connectivity index (χ0v) is 16.1. The molecule has 0 saturated carbocycles. The van der Waals surface area contributed by atoms with Gasteiger partial charge in [-0.05, 0) is 23.3 Å². The molecule has 1 aliphatic rings. The van der Waals surface area contributed by atoms with Crippen molar-refractivity contribution >= 4 is 11.6 Å². The number of rotatable bonds is 8. The molecular weight excluding hydrogens is 338 g/mol. The fourth-order valence-corrected chi connectivity index (χ4v) is 3.32. The zero-order chi connectivity index (χ0) is 18.9. The van der Waals surface area contributed by atoms with E-state index in [0.29, 0.717) is 13.0 Å². The average Bonchev–Trinajstić information content (AvgIpc) is 2.70. The molecule has 0 atom stereocenters. The number of anilines is 1. The summed E-state index contributed by atoms with van der Waals surface area (Å²) in [6, 6.07) is 18.8.